The van der Waals surface area contributed by atoms with Gasteiger partial charge >= 0.3 is 0 Å². The first-order valence-corrected chi connectivity index (χ1v) is 10.8. The molecule has 0 aliphatic heterocycles. The summed E-state index contributed by atoms with van der Waals surface area (Å²) >= 11 is 1.61. The average molecular weight is 447 g/mol. The Morgan fingerprint density at radius 2 is 1.94 bits per heavy atom. The normalized spacial score (nSPS) is 13.4. The zero-order chi connectivity index (χ0) is 22.1. The number of aromatic nitrogens is 3. The van der Waals surface area contributed by atoms with Crippen molar-refractivity contribution in [2.24, 2.45) is 5.10 Å². The summed E-state index contributed by atoms with van der Waals surface area (Å²) in [7, 11) is 0. The number of hydrogen-bond donors (Lipinski definition) is 0. The van der Waals surface area contributed by atoms with Gasteiger partial charge in [-0.1, -0.05) is 0 Å². The summed E-state index contributed by atoms with van der Waals surface area (Å²) in [5.74, 6) is 0.774. The molecule has 10 heteroatoms. The number of ether oxygens (including phenoxy) is 1. The molecule has 3 aromatic heterocycles. The summed E-state index contributed by atoms with van der Waals surface area (Å²) in [6.45, 7) is 0. The van der Waals surface area contributed by atoms with Crippen molar-refractivity contribution >= 4 is 33.5 Å². The summed E-state index contributed by atoms with van der Waals surface area (Å²) in [4.78, 5) is 33.5. The van der Waals surface area contributed by atoms with E-state index in [1.54, 1.807) is 41.8 Å². The van der Waals surface area contributed by atoms with Gasteiger partial charge in [0.05, 0.1) is 16.5 Å². The van der Waals surface area contributed by atoms with Crippen LogP contribution in [0.15, 0.2) is 58.8 Å². The molecule has 3 heterocycles. The summed E-state index contributed by atoms with van der Waals surface area (Å²) in [6.07, 6.45) is 8.38. The molecule has 0 saturated carbocycles. The predicted molar refractivity (Wildman–Crippen MR) is 121 cm³/mol. The Morgan fingerprint density at radius 3 is 2.69 bits per heavy atom. The Hall–Kier alpha value is -3.92. The molecule has 0 unspecified atom stereocenters. The van der Waals surface area contributed by atoms with Gasteiger partial charge in [-0.3, -0.25) is 14.9 Å². The Kier molecular flexibility index (Phi) is 5.20. The molecule has 0 amide bonds. The minimum Gasteiger partial charge on any atom is -0.439 e. The van der Waals surface area contributed by atoms with Crippen molar-refractivity contribution in [3.05, 3.63) is 85.4 Å². The van der Waals surface area contributed by atoms with Crippen LogP contribution in [0.4, 0.5) is 5.69 Å². The predicted octanol–water partition coefficient (Wildman–Crippen LogP) is 4.31. The highest BCUT2D eigenvalue weighted by atomic mass is 32.1. The van der Waals surface area contributed by atoms with Crippen molar-refractivity contribution in [1.82, 2.24) is 14.6 Å². The monoisotopic (exact) mass is 447 g/mol. The van der Waals surface area contributed by atoms with E-state index < -0.39 is 4.92 Å². The molecule has 160 valence electrons. The maximum absolute atomic E-state index is 13.0. The van der Waals surface area contributed by atoms with Gasteiger partial charge in [-0.2, -0.15) is 9.78 Å². The second-order valence-corrected chi connectivity index (χ2v) is 8.40. The fraction of sp³-hybridized carbons (Fsp3) is 0.182. The first-order chi connectivity index (χ1) is 15.6. The van der Waals surface area contributed by atoms with E-state index in [-0.39, 0.29) is 17.1 Å². The van der Waals surface area contributed by atoms with E-state index >= 15 is 0 Å². The Balaban J connectivity index is 1.33. The van der Waals surface area contributed by atoms with Crippen molar-refractivity contribution in [3.8, 4) is 11.6 Å². The van der Waals surface area contributed by atoms with E-state index in [1.807, 2.05) is 0 Å². The highest BCUT2D eigenvalue weighted by molar-refractivity contribution is 7.18. The lowest BCUT2D eigenvalue weighted by Crippen LogP contribution is -2.18. The molecule has 1 aliphatic carbocycles. The minimum atomic E-state index is -0.517. The average Bonchev–Trinajstić information content (AvgIpc) is 3.19. The molecule has 1 aromatic carbocycles. The highest BCUT2D eigenvalue weighted by Gasteiger charge is 2.19. The lowest BCUT2D eigenvalue weighted by molar-refractivity contribution is -0.385. The molecule has 4 aromatic rings. The van der Waals surface area contributed by atoms with E-state index in [2.05, 4.69) is 15.1 Å². The number of nitro groups is 1. The van der Waals surface area contributed by atoms with Gasteiger partial charge in [-0.05, 0) is 61.1 Å². The van der Waals surface area contributed by atoms with Gasteiger partial charge in [-0.25, -0.2) is 9.97 Å². The van der Waals surface area contributed by atoms with E-state index in [0.717, 1.165) is 47.8 Å². The van der Waals surface area contributed by atoms with Crippen LogP contribution in [0.1, 0.15) is 28.8 Å². The van der Waals surface area contributed by atoms with Crippen LogP contribution in [0.3, 0.4) is 0 Å². The summed E-state index contributed by atoms with van der Waals surface area (Å²) < 4.78 is 6.87. The van der Waals surface area contributed by atoms with Gasteiger partial charge < -0.3 is 4.74 Å². The van der Waals surface area contributed by atoms with Crippen molar-refractivity contribution in [3.63, 3.8) is 0 Å². The van der Waals surface area contributed by atoms with Crippen LogP contribution < -0.4 is 10.3 Å². The van der Waals surface area contributed by atoms with Crippen LogP contribution in [0, 0.1) is 10.1 Å². The van der Waals surface area contributed by atoms with Gasteiger partial charge in [0, 0.05) is 17.0 Å². The molecule has 0 N–H and O–H groups in total. The minimum absolute atomic E-state index is 0.102. The quantitative estimate of drug-likeness (QED) is 0.256. The SMILES string of the molecule is O=c1c2c3c(sc2ncn1N=Cc1ccc(Oc2ccc([N+](=O)[O-])cn2)cc1)CCCC3. The number of aryl methyl sites for hydroxylation is 2. The van der Waals surface area contributed by atoms with E-state index in [9.17, 15) is 14.9 Å². The standard InChI is InChI=1S/C22H17N5O4S/c28-22-20-17-3-1-2-4-18(17)32-21(20)24-13-26(22)25-11-14-5-8-16(9-6-14)31-19-10-7-15(12-23-19)27(29)30/h5-13H,1-4H2. The molecule has 32 heavy (non-hydrogen) atoms. The van der Waals surface area contributed by atoms with Gasteiger partial charge in [0.1, 0.15) is 23.1 Å². The number of pyridine rings is 1. The van der Waals surface area contributed by atoms with Crippen LogP contribution in [0.25, 0.3) is 10.2 Å². The smallest absolute Gasteiger partial charge is 0.287 e. The van der Waals surface area contributed by atoms with Crippen LogP contribution >= 0.6 is 11.3 Å². The van der Waals surface area contributed by atoms with Gasteiger partial charge in [-0.15, -0.1) is 11.3 Å². The molecular weight excluding hydrogens is 430 g/mol. The molecule has 0 spiro atoms. The van der Waals surface area contributed by atoms with Gasteiger partial charge in [0.15, 0.2) is 0 Å². The van der Waals surface area contributed by atoms with Gasteiger partial charge in [0.25, 0.3) is 11.2 Å². The number of thiophene rings is 1. The number of fused-ring (bicyclic) bond motifs is 3. The number of rotatable bonds is 5. The summed E-state index contributed by atoms with van der Waals surface area (Å²) in [5.41, 5.74) is 1.66. The van der Waals surface area contributed by atoms with Crippen LogP contribution in [0.2, 0.25) is 0 Å². The number of benzene rings is 1. The maximum Gasteiger partial charge on any atom is 0.287 e. The third-order valence-corrected chi connectivity index (χ3v) is 6.42. The van der Waals surface area contributed by atoms with Crippen molar-refractivity contribution in [2.75, 3.05) is 0 Å². The van der Waals surface area contributed by atoms with Crippen LogP contribution in [-0.2, 0) is 12.8 Å². The first-order valence-electron chi connectivity index (χ1n) is 10.0. The molecule has 5 rings (SSSR count). The number of hydrogen-bond acceptors (Lipinski definition) is 8. The molecule has 9 nitrogen and oxygen atoms in total. The zero-order valence-corrected chi connectivity index (χ0v) is 17.6. The highest BCUT2D eigenvalue weighted by Crippen LogP contribution is 2.33. The largest absolute Gasteiger partial charge is 0.439 e. The molecular formula is C22H17N5O4S. The lowest BCUT2D eigenvalue weighted by atomic mass is 9.97. The Labute approximate surface area is 185 Å². The second-order valence-electron chi connectivity index (χ2n) is 7.31. The van der Waals surface area contributed by atoms with E-state index in [4.69, 9.17) is 4.74 Å². The molecule has 0 saturated heterocycles. The summed E-state index contributed by atoms with van der Waals surface area (Å²) in [5, 5.41) is 15.7. The Morgan fingerprint density at radius 1 is 1.12 bits per heavy atom. The third-order valence-electron chi connectivity index (χ3n) is 5.22. The van der Waals surface area contributed by atoms with Crippen LogP contribution in [-0.4, -0.2) is 25.8 Å². The first kappa shape index (κ1) is 20.0. The Bertz CT molecular complexity index is 1390. The van der Waals surface area contributed by atoms with E-state index in [1.165, 1.54) is 28.0 Å². The fourth-order valence-corrected chi connectivity index (χ4v) is 4.85. The van der Waals surface area contributed by atoms with Gasteiger partial charge in [0.2, 0.25) is 5.88 Å². The van der Waals surface area contributed by atoms with Crippen molar-refractivity contribution in [1.29, 1.82) is 0 Å². The van der Waals surface area contributed by atoms with Crippen molar-refractivity contribution < 1.29 is 9.66 Å². The lowest BCUT2D eigenvalue weighted by Gasteiger charge is -2.09. The van der Waals surface area contributed by atoms with Crippen molar-refractivity contribution in [2.45, 2.75) is 25.7 Å². The fourth-order valence-electron chi connectivity index (χ4n) is 3.63. The summed E-state index contributed by atoms with van der Waals surface area (Å²) in [6, 6.07) is 9.79. The molecule has 0 radical (unpaired) electrons. The molecule has 0 bridgehead atoms. The van der Waals surface area contributed by atoms with Crippen LogP contribution in [0.5, 0.6) is 11.6 Å². The second kappa shape index (κ2) is 8.31. The third kappa shape index (κ3) is 3.87. The number of nitrogens with zero attached hydrogens (tertiary/aromatic N) is 5. The zero-order valence-electron chi connectivity index (χ0n) is 16.8. The maximum atomic E-state index is 13.0. The molecule has 0 atom stereocenters. The van der Waals surface area contributed by atoms with E-state index in [0.29, 0.717) is 11.1 Å². The molecule has 0 fully saturated rings. The molecule has 1 aliphatic rings. The topological polar surface area (TPSA) is 113 Å².